The zero-order valence-corrected chi connectivity index (χ0v) is 44.5. The van der Waals surface area contributed by atoms with Crippen LogP contribution >= 0.6 is 10.7 Å². The highest BCUT2D eigenvalue weighted by molar-refractivity contribution is 8.13. The molecule has 8 heterocycles. The van der Waals surface area contributed by atoms with Gasteiger partial charge in [-0.1, -0.05) is 52.3 Å². The second-order valence-corrected chi connectivity index (χ2v) is 20.7. The Morgan fingerprint density at radius 2 is 1.15 bits per heavy atom. The Bertz CT molecular complexity index is 2860. The van der Waals surface area contributed by atoms with Gasteiger partial charge in [-0.05, 0) is 60.1 Å². The predicted molar refractivity (Wildman–Crippen MR) is 272 cm³/mol. The van der Waals surface area contributed by atoms with Gasteiger partial charge in [0.05, 0.1) is 30.3 Å². The third-order valence-corrected chi connectivity index (χ3v) is 12.5. The fourth-order valence-corrected chi connectivity index (χ4v) is 8.58. The molecule has 26 heteroatoms. The number of H-pyrrole nitrogens is 2. The van der Waals surface area contributed by atoms with Gasteiger partial charge in [-0.15, -0.1) is 25.2 Å². The van der Waals surface area contributed by atoms with Crippen molar-refractivity contribution in [2.24, 2.45) is 11.8 Å². The first-order valence-corrected chi connectivity index (χ1v) is 25.0. The molecule has 5 aromatic rings. The fourth-order valence-electron chi connectivity index (χ4n) is 7.81. The van der Waals surface area contributed by atoms with E-state index in [1.54, 1.807) is 69.7 Å². The summed E-state index contributed by atoms with van der Waals surface area (Å²) in [6.45, 7) is 19.6. The number of hydrogen-bond donors (Lipinski definition) is 5. The zero-order chi connectivity index (χ0) is 53.6. The average Bonchev–Trinajstić information content (AvgIpc) is 4.16. The molecule has 398 valence electrons. The molecular weight excluding hydrogens is 1010 g/mol. The second kappa shape index (κ2) is 24.5. The summed E-state index contributed by atoms with van der Waals surface area (Å²) >= 11 is 0. The number of aromatic amines is 2. The summed E-state index contributed by atoms with van der Waals surface area (Å²) in [4.78, 5) is 71.0. The molecule has 0 aliphatic carbocycles. The molecule has 73 heavy (non-hydrogen) atoms. The molecule has 4 fully saturated rings. The topological polar surface area (TPSA) is 295 Å². The number of nitrogens with one attached hydrogen (secondary N) is 4. The van der Waals surface area contributed by atoms with E-state index in [0.29, 0.717) is 5.65 Å². The fraction of sp³-hybridized carbons (Fsp3) is 0.532. The molecule has 2 amide bonds. The monoisotopic (exact) mass is 1070 g/mol. The lowest BCUT2D eigenvalue weighted by atomic mass is 10.1. The van der Waals surface area contributed by atoms with Crippen molar-refractivity contribution in [1.29, 1.82) is 0 Å². The molecule has 2 unspecified atom stereocenters. The Balaban J connectivity index is 0.000000243. The number of fused-ring (bicyclic) bond motifs is 4. The van der Waals surface area contributed by atoms with Crippen molar-refractivity contribution in [2.45, 2.75) is 148 Å². The summed E-state index contributed by atoms with van der Waals surface area (Å²) in [5, 5.41) is 14.8. The molecule has 4 saturated heterocycles. The van der Waals surface area contributed by atoms with Crippen LogP contribution in [0.3, 0.4) is 0 Å². The number of nitrogens with zero attached hydrogens (tertiary/aromatic N) is 6. The van der Waals surface area contributed by atoms with Gasteiger partial charge in [-0.3, -0.25) is 48.9 Å². The maximum absolute atomic E-state index is 12.4. The summed E-state index contributed by atoms with van der Waals surface area (Å²) in [7, 11) is 1.54. The van der Waals surface area contributed by atoms with Gasteiger partial charge in [0, 0.05) is 22.5 Å². The second-order valence-electron chi connectivity index (χ2n) is 18.2. The predicted octanol–water partition coefficient (Wildman–Crippen LogP) is 4.47. The van der Waals surface area contributed by atoms with E-state index < -0.39 is 62.5 Å². The van der Waals surface area contributed by atoms with E-state index in [2.05, 4.69) is 65.7 Å². The van der Waals surface area contributed by atoms with Crippen LogP contribution in [-0.2, 0) is 60.6 Å². The van der Waals surface area contributed by atoms with E-state index in [4.69, 9.17) is 39.1 Å². The van der Waals surface area contributed by atoms with Crippen LogP contribution in [0.15, 0.2) is 51.4 Å². The average molecular weight is 1070 g/mol. The molecular formula is C47H61ClN10O13S2-2. The number of aromatic nitrogens is 8. The number of carbonyl (C=O) groups is 2. The van der Waals surface area contributed by atoms with Gasteiger partial charge in [0.15, 0.2) is 46.4 Å². The Hall–Kier alpha value is -5.71. The maximum atomic E-state index is 12.4. The van der Waals surface area contributed by atoms with Crippen molar-refractivity contribution >= 4 is 79.3 Å². The molecule has 0 spiro atoms. The summed E-state index contributed by atoms with van der Waals surface area (Å²) in [5.74, 6) is -0.252. The van der Waals surface area contributed by atoms with Gasteiger partial charge in [0.2, 0.25) is 23.7 Å². The first-order valence-electron chi connectivity index (χ1n) is 22.7. The first-order chi connectivity index (χ1) is 33.8. The smallest absolute Gasteiger partial charge is 0.280 e. The Kier molecular flexibility index (Phi) is 20.1. The highest BCUT2D eigenvalue weighted by Crippen LogP contribution is 2.45. The van der Waals surface area contributed by atoms with Gasteiger partial charge in [0.1, 0.15) is 30.5 Å². The normalized spacial score (nSPS) is 23.9. The number of aryl methyl sites for hydroxylation is 1. The molecule has 4 aromatic heterocycles. The molecule has 23 nitrogen and oxygen atoms in total. The number of benzene rings is 1. The molecule has 8 atom stereocenters. The number of terminal acetylenes is 2. The number of imidazole rings is 2. The number of amides is 2. The van der Waals surface area contributed by atoms with Crippen LogP contribution in [0.25, 0.3) is 22.3 Å². The largest absolute Gasteiger partial charge is 2.00 e. The first kappa shape index (κ1) is 59.8. The molecule has 9 rings (SSSR count). The van der Waals surface area contributed by atoms with Crippen molar-refractivity contribution in [3.63, 3.8) is 0 Å². The molecule has 1 aromatic carbocycles. The van der Waals surface area contributed by atoms with Crippen molar-refractivity contribution in [2.75, 3.05) is 17.2 Å². The van der Waals surface area contributed by atoms with Crippen LogP contribution in [0.4, 0.5) is 11.9 Å². The van der Waals surface area contributed by atoms with Crippen molar-refractivity contribution < 1.29 is 51.5 Å². The van der Waals surface area contributed by atoms with Crippen LogP contribution in [0.2, 0.25) is 0 Å². The molecule has 5 N–H and O–H groups in total. The van der Waals surface area contributed by atoms with Gasteiger partial charge in [-0.2, -0.15) is 9.97 Å². The number of aliphatic hydroxyl groups excluding tert-OH is 1. The number of ether oxygens (including phenoxy) is 6. The van der Waals surface area contributed by atoms with E-state index in [1.165, 1.54) is 24.8 Å². The Morgan fingerprint density at radius 1 is 0.781 bits per heavy atom. The minimum atomic E-state index is -3.55. The number of hydrogen-bond acceptors (Lipinski definition) is 17. The molecule has 4 aliphatic rings. The van der Waals surface area contributed by atoms with Crippen LogP contribution in [0.5, 0.6) is 0 Å². The molecule has 0 bridgehead atoms. The van der Waals surface area contributed by atoms with Crippen LogP contribution in [-0.4, -0.2) is 119 Å². The lowest BCUT2D eigenvalue weighted by Crippen LogP contribution is -2.31. The molecule has 4 aliphatic heterocycles. The lowest BCUT2D eigenvalue weighted by Gasteiger charge is -2.24. The van der Waals surface area contributed by atoms with E-state index in [9.17, 15) is 32.7 Å². The Morgan fingerprint density at radius 3 is 1.51 bits per heavy atom. The number of rotatable bonds is 9. The zero-order valence-electron chi connectivity index (χ0n) is 42.1. The number of anilines is 2. The summed E-state index contributed by atoms with van der Waals surface area (Å²) in [6.07, 6.45) is 12.8. The summed E-state index contributed by atoms with van der Waals surface area (Å²) in [6, 6.07) is 6.37. The van der Waals surface area contributed by atoms with Gasteiger partial charge >= 0.3 is 0 Å². The van der Waals surface area contributed by atoms with Gasteiger partial charge in [0.25, 0.3) is 20.2 Å². The van der Waals surface area contributed by atoms with Gasteiger partial charge in [-0.25, -0.2) is 18.4 Å². The minimum absolute atomic E-state index is 0. The summed E-state index contributed by atoms with van der Waals surface area (Å²) in [5.41, 5.74) is 0.909. The quantitative estimate of drug-likeness (QED) is 0.100. The van der Waals surface area contributed by atoms with Crippen molar-refractivity contribution in [1.82, 2.24) is 39.0 Å². The van der Waals surface area contributed by atoms with E-state index in [1.807, 2.05) is 27.7 Å². The third-order valence-electron chi connectivity index (χ3n) is 11.1. The molecule has 0 saturated carbocycles. The Labute approximate surface area is 433 Å². The highest BCUT2D eigenvalue weighted by Gasteiger charge is 2.57. The van der Waals surface area contributed by atoms with Crippen LogP contribution < -0.4 is 21.8 Å². The maximum Gasteiger partial charge on any atom is 0.280 e. The van der Waals surface area contributed by atoms with Crippen LogP contribution in [0.1, 0.15) is 93.7 Å². The standard InChI is InChI=1S/C18H25N5O5.C17H23N5O6.C7H7ClO2S.C3H4.C2H2.S/c1-6-9-11-12(28-18(4,5)27-11)16(26-9)23-7-19-10-13(23)20-17(22-15(10)25)21-14(24)8(2)3;1-7(2)13(24)20-16-19-12-9(14(25)21-16)18-6-22(12)15-11-10(8(5-23)26-15)27-17(3,4)28-11;1-6-2-4-7(5-3-6)11(8,9)10;1-3-2;1-2;/h7-9,11-12,16H,6H2,1-5H3,(H2,20,21,22,24,25);6-8,10-11,15,23H,5H2,1-4H3,(H2,19,20,21,24,25);2-5H,1H3;1H,2H3;1-2H;/q;;;;;-2/t9-,11?,12+,16-;8-,10?,11+,15-;;;;/m11..../s1. The van der Waals surface area contributed by atoms with Crippen LogP contribution in [0, 0.1) is 44.0 Å². The third kappa shape index (κ3) is 13.9. The van der Waals surface area contributed by atoms with Crippen molar-refractivity contribution in [3.05, 3.63) is 63.2 Å². The molecule has 0 radical (unpaired) electrons. The van der Waals surface area contributed by atoms with E-state index >= 15 is 0 Å². The summed E-state index contributed by atoms with van der Waals surface area (Å²) < 4.78 is 60.6. The van der Waals surface area contributed by atoms with E-state index in [0.717, 1.165) is 12.0 Å². The number of aliphatic hydroxyl groups is 1. The highest BCUT2D eigenvalue weighted by atomic mass is 35.7. The number of carbonyl (C=O) groups excluding carboxylic acids is 2. The van der Waals surface area contributed by atoms with Crippen molar-refractivity contribution in [3.8, 4) is 25.2 Å². The van der Waals surface area contributed by atoms with E-state index in [-0.39, 0.29) is 95.5 Å². The lowest BCUT2D eigenvalue weighted by molar-refractivity contribution is -0.199. The number of halogens is 1. The minimum Gasteiger partial charge on any atom is -2.00 e. The SMILES string of the molecule is C#C.C#CC.CC(C)C(=O)Nc1nc2c(ncn2[C@@H]2O[C@H](CO)C3OC(C)(C)O[C@@H]32)c(=O)[nH]1.CC[C@H]1O[C@@H](n2cnc3c(=O)[nH]c(NC(=O)C(C)C)nc32)[C@H]2OC(C)(C)OC12.Cc1ccc(S(=O)(=O)Cl)cc1.[S-2]. The van der Waals surface area contributed by atoms with Gasteiger partial charge < -0.3 is 47.0 Å².